The van der Waals surface area contributed by atoms with Crippen LogP contribution in [0.2, 0.25) is 0 Å². The third-order valence-electron chi connectivity index (χ3n) is 3.44. The van der Waals surface area contributed by atoms with Crippen molar-refractivity contribution in [2.45, 2.75) is 0 Å². The molecule has 0 aliphatic carbocycles. The number of ether oxygens (including phenoxy) is 1. The third-order valence-corrected chi connectivity index (χ3v) is 3.44. The Kier molecular flexibility index (Phi) is 4.70. The summed E-state index contributed by atoms with van der Waals surface area (Å²) < 4.78 is 7.11. The summed E-state index contributed by atoms with van der Waals surface area (Å²) >= 11 is 0. The molecule has 0 aliphatic rings. The molecule has 0 saturated carbocycles. The second-order valence-corrected chi connectivity index (χ2v) is 5.08. The maximum Gasteiger partial charge on any atom is 0.287 e. The molecular formula is C17H15N5O3. The molecular weight excluding hydrogens is 322 g/mol. The van der Waals surface area contributed by atoms with Crippen molar-refractivity contribution in [2.24, 2.45) is 5.10 Å². The van der Waals surface area contributed by atoms with Crippen molar-refractivity contribution in [1.29, 1.82) is 0 Å². The molecule has 0 bridgehead atoms. The average Bonchev–Trinajstić information content (AvgIpc) is 3.11. The lowest BCUT2D eigenvalue weighted by atomic mass is 10.3. The summed E-state index contributed by atoms with van der Waals surface area (Å²) in [5, 5.41) is 14.7. The number of nitrogens with zero attached hydrogens (tertiary/aromatic N) is 4. The molecule has 3 rings (SSSR count). The molecule has 0 aliphatic heterocycles. The highest BCUT2D eigenvalue weighted by Gasteiger charge is 2.04. The first kappa shape index (κ1) is 16.2. The van der Waals surface area contributed by atoms with E-state index in [-0.39, 0.29) is 5.69 Å². The Bertz CT molecular complexity index is 885. The van der Waals surface area contributed by atoms with E-state index in [1.165, 1.54) is 18.3 Å². The summed E-state index contributed by atoms with van der Waals surface area (Å²) in [4.78, 5) is 14.0. The molecule has 0 atom stereocenters. The number of nitrogens with one attached hydrogen (secondary N) is 1. The first-order valence-corrected chi connectivity index (χ1v) is 7.37. The summed E-state index contributed by atoms with van der Waals surface area (Å²) in [5.41, 5.74) is 4.57. The van der Waals surface area contributed by atoms with Crippen molar-refractivity contribution < 1.29 is 9.66 Å². The van der Waals surface area contributed by atoms with Crippen LogP contribution in [0.15, 0.2) is 66.2 Å². The standard InChI is InChI=1S/C17H15N5O3/c1-25-16-5-2-14(3-6-16)21-9-8-13(12-21)10-19-20-17-7-4-15(11-18-17)22(23)24/h2-12H,1H3,(H,18,20)/b19-10-. The van der Waals surface area contributed by atoms with Gasteiger partial charge in [0.25, 0.3) is 5.69 Å². The van der Waals surface area contributed by atoms with Crippen LogP contribution in [0.4, 0.5) is 11.5 Å². The lowest BCUT2D eigenvalue weighted by Crippen LogP contribution is -1.95. The fraction of sp³-hybridized carbons (Fsp3) is 0.0588. The van der Waals surface area contributed by atoms with Gasteiger partial charge >= 0.3 is 0 Å². The van der Waals surface area contributed by atoms with Gasteiger partial charge in [0.15, 0.2) is 0 Å². The molecule has 0 spiro atoms. The summed E-state index contributed by atoms with van der Waals surface area (Å²) in [6, 6.07) is 12.5. The number of hydrogen-bond donors (Lipinski definition) is 1. The zero-order valence-corrected chi connectivity index (χ0v) is 13.4. The number of pyridine rings is 1. The molecule has 0 amide bonds. The van der Waals surface area contributed by atoms with Gasteiger partial charge in [-0.1, -0.05) is 0 Å². The second-order valence-electron chi connectivity index (χ2n) is 5.08. The Morgan fingerprint density at radius 1 is 1.24 bits per heavy atom. The van der Waals surface area contributed by atoms with Gasteiger partial charge in [-0.2, -0.15) is 5.10 Å². The van der Waals surface area contributed by atoms with Crippen LogP contribution in [0.5, 0.6) is 5.75 Å². The van der Waals surface area contributed by atoms with Gasteiger partial charge in [-0.05, 0) is 36.4 Å². The van der Waals surface area contributed by atoms with E-state index < -0.39 is 4.92 Å². The van der Waals surface area contributed by atoms with Crippen LogP contribution < -0.4 is 10.2 Å². The van der Waals surface area contributed by atoms with Gasteiger partial charge in [0.05, 0.1) is 18.2 Å². The van der Waals surface area contributed by atoms with E-state index in [0.29, 0.717) is 5.82 Å². The number of anilines is 1. The molecule has 1 aromatic carbocycles. The lowest BCUT2D eigenvalue weighted by Gasteiger charge is -2.04. The van der Waals surface area contributed by atoms with Crippen LogP contribution >= 0.6 is 0 Å². The summed E-state index contributed by atoms with van der Waals surface area (Å²) in [6.45, 7) is 0. The van der Waals surface area contributed by atoms with E-state index in [1.54, 1.807) is 13.3 Å². The van der Waals surface area contributed by atoms with Gasteiger partial charge < -0.3 is 9.30 Å². The number of aromatic nitrogens is 2. The number of hydrazone groups is 1. The fourth-order valence-electron chi connectivity index (χ4n) is 2.14. The molecule has 1 N–H and O–H groups in total. The van der Waals surface area contributed by atoms with E-state index in [0.717, 1.165) is 17.0 Å². The molecule has 2 aromatic heterocycles. The van der Waals surface area contributed by atoms with Gasteiger partial charge in [-0.15, -0.1) is 0 Å². The monoisotopic (exact) mass is 337 g/mol. The van der Waals surface area contributed by atoms with E-state index in [2.05, 4.69) is 15.5 Å². The van der Waals surface area contributed by atoms with Crippen LogP contribution in [0.1, 0.15) is 5.56 Å². The molecule has 8 heteroatoms. The number of nitro groups is 1. The zero-order chi connectivity index (χ0) is 17.6. The fourth-order valence-corrected chi connectivity index (χ4v) is 2.14. The number of methoxy groups -OCH3 is 1. The van der Waals surface area contributed by atoms with Gasteiger partial charge in [0.2, 0.25) is 0 Å². The Balaban J connectivity index is 1.64. The topological polar surface area (TPSA) is 94.6 Å². The largest absolute Gasteiger partial charge is 0.497 e. The first-order chi connectivity index (χ1) is 12.2. The summed E-state index contributed by atoms with van der Waals surface area (Å²) in [6.07, 6.45) is 6.67. The molecule has 0 fully saturated rings. The van der Waals surface area contributed by atoms with Crippen LogP contribution in [-0.4, -0.2) is 27.8 Å². The van der Waals surface area contributed by atoms with Crippen molar-refractivity contribution in [3.8, 4) is 11.4 Å². The highest BCUT2D eigenvalue weighted by Crippen LogP contribution is 2.16. The van der Waals surface area contributed by atoms with E-state index in [4.69, 9.17) is 4.74 Å². The van der Waals surface area contributed by atoms with E-state index in [9.17, 15) is 10.1 Å². The average molecular weight is 337 g/mol. The van der Waals surface area contributed by atoms with Crippen LogP contribution in [0, 0.1) is 10.1 Å². The number of hydrogen-bond acceptors (Lipinski definition) is 6. The third kappa shape index (κ3) is 3.99. The Labute approximate surface area is 143 Å². The zero-order valence-electron chi connectivity index (χ0n) is 13.4. The predicted octanol–water partition coefficient (Wildman–Crippen LogP) is 3.24. The van der Waals surface area contributed by atoms with Crippen molar-refractivity contribution in [2.75, 3.05) is 12.5 Å². The van der Waals surface area contributed by atoms with Crippen LogP contribution in [0.3, 0.4) is 0 Å². The minimum absolute atomic E-state index is 0.0638. The summed E-state index contributed by atoms with van der Waals surface area (Å²) in [5.74, 6) is 1.23. The van der Waals surface area contributed by atoms with Gasteiger partial charge in [0.1, 0.15) is 17.8 Å². The quantitative estimate of drug-likeness (QED) is 0.423. The molecule has 25 heavy (non-hydrogen) atoms. The van der Waals surface area contributed by atoms with Crippen molar-refractivity contribution in [1.82, 2.24) is 9.55 Å². The van der Waals surface area contributed by atoms with Gasteiger partial charge in [0, 0.05) is 29.7 Å². The van der Waals surface area contributed by atoms with Crippen molar-refractivity contribution in [3.63, 3.8) is 0 Å². The SMILES string of the molecule is COc1ccc(-n2ccc(/C=N\Nc3ccc([N+](=O)[O-])cn3)c2)cc1. The van der Waals surface area contributed by atoms with E-state index >= 15 is 0 Å². The van der Waals surface area contributed by atoms with Crippen LogP contribution in [0.25, 0.3) is 5.69 Å². The molecule has 0 unspecified atom stereocenters. The predicted molar refractivity (Wildman–Crippen MR) is 94.4 cm³/mol. The second kappa shape index (κ2) is 7.26. The van der Waals surface area contributed by atoms with E-state index in [1.807, 2.05) is 47.3 Å². The molecule has 126 valence electrons. The number of rotatable bonds is 6. The first-order valence-electron chi connectivity index (χ1n) is 7.37. The Morgan fingerprint density at radius 2 is 2.04 bits per heavy atom. The minimum Gasteiger partial charge on any atom is -0.497 e. The maximum absolute atomic E-state index is 10.6. The highest BCUT2D eigenvalue weighted by molar-refractivity contribution is 5.80. The highest BCUT2D eigenvalue weighted by atomic mass is 16.6. The maximum atomic E-state index is 10.6. The van der Waals surface area contributed by atoms with Gasteiger partial charge in [-0.25, -0.2) is 4.98 Å². The minimum atomic E-state index is -0.498. The van der Waals surface area contributed by atoms with Gasteiger partial charge in [-0.3, -0.25) is 15.5 Å². The molecule has 3 aromatic rings. The van der Waals surface area contributed by atoms with Crippen molar-refractivity contribution >= 4 is 17.7 Å². The Morgan fingerprint density at radius 3 is 2.68 bits per heavy atom. The molecule has 0 saturated heterocycles. The molecule has 8 nitrogen and oxygen atoms in total. The Hall–Kier alpha value is -3.68. The normalized spacial score (nSPS) is 10.8. The number of benzene rings is 1. The van der Waals surface area contributed by atoms with Crippen molar-refractivity contribution in [3.05, 3.63) is 76.7 Å². The lowest BCUT2D eigenvalue weighted by molar-refractivity contribution is -0.385. The molecule has 2 heterocycles. The smallest absolute Gasteiger partial charge is 0.287 e. The summed E-state index contributed by atoms with van der Waals surface area (Å²) in [7, 11) is 1.63. The van der Waals surface area contributed by atoms with Crippen LogP contribution in [-0.2, 0) is 0 Å². The molecule has 0 radical (unpaired) electrons.